The van der Waals surface area contributed by atoms with Gasteiger partial charge in [-0.3, -0.25) is 0 Å². The van der Waals surface area contributed by atoms with Gasteiger partial charge in [0.25, 0.3) is 0 Å². The molecule has 0 radical (unpaired) electrons. The van der Waals surface area contributed by atoms with Gasteiger partial charge < -0.3 is 10.4 Å². The van der Waals surface area contributed by atoms with Gasteiger partial charge in [-0.05, 0) is 17.7 Å². The highest BCUT2D eigenvalue weighted by Gasteiger charge is 1.95. The topological polar surface area (TPSA) is 70.9 Å². The van der Waals surface area contributed by atoms with Crippen molar-refractivity contribution in [2.45, 2.75) is 6.54 Å². The molecule has 0 aliphatic rings. The zero-order valence-corrected chi connectivity index (χ0v) is 7.96. The second-order valence-electron chi connectivity index (χ2n) is 2.98. The zero-order valence-electron chi connectivity index (χ0n) is 7.96. The first-order valence-electron chi connectivity index (χ1n) is 4.48. The Morgan fingerprint density at radius 1 is 1.07 bits per heavy atom. The fourth-order valence-corrected chi connectivity index (χ4v) is 1.13. The van der Waals surface area contributed by atoms with Crippen molar-refractivity contribution in [3.63, 3.8) is 0 Å². The Hall–Kier alpha value is -2.17. The van der Waals surface area contributed by atoms with Gasteiger partial charge in [-0.25, -0.2) is 15.0 Å². The van der Waals surface area contributed by atoms with E-state index in [9.17, 15) is 0 Å². The van der Waals surface area contributed by atoms with Crippen LogP contribution >= 0.6 is 0 Å². The number of phenols is 1. The fourth-order valence-electron chi connectivity index (χ4n) is 1.13. The van der Waals surface area contributed by atoms with Gasteiger partial charge in [-0.1, -0.05) is 12.1 Å². The van der Waals surface area contributed by atoms with Gasteiger partial charge in [-0.2, -0.15) is 0 Å². The maximum atomic E-state index is 9.09. The van der Waals surface area contributed by atoms with E-state index in [2.05, 4.69) is 20.3 Å². The first kappa shape index (κ1) is 9.39. The predicted molar refractivity (Wildman–Crippen MR) is 55.3 cm³/mol. The third-order valence-electron chi connectivity index (χ3n) is 1.88. The van der Waals surface area contributed by atoms with E-state index in [0.29, 0.717) is 12.5 Å². The van der Waals surface area contributed by atoms with E-state index in [1.54, 1.807) is 12.1 Å². The van der Waals surface area contributed by atoms with Crippen LogP contribution in [0.2, 0.25) is 0 Å². The highest BCUT2D eigenvalue weighted by atomic mass is 16.3. The van der Waals surface area contributed by atoms with Crippen LogP contribution in [0.3, 0.4) is 0 Å². The van der Waals surface area contributed by atoms with Crippen LogP contribution in [0.15, 0.2) is 36.9 Å². The number of anilines is 1. The SMILES string of the molecule is Oc1ccc(CNc2ncncn2)cc1. The van der Waals surface area contributed by atoms with Gasteiger partial charge in [0, 0.05) is 6.54 Å². The summed E-state index contributed by atoms with van der Waals surface area (Å²) in [5.74, 6) is 0.803. The van der Waals surface area contributed by atoms with Gasteiger partial charge in [-0.15, -0.1) is 0 Å². The summed E-state index contributed by atoms with van der Waals surface area (Å²) in [6.45, 7) is 0.615. The summed E-state index contributed by atoms with van der Waals surface area (Å²) in [7, 11) is 0. The van der Waals surface area contributed by atoms with Crippen molar-refractivity contribution in [3.8, 4) is 5.75 Å². The third-order valence-corrected chi connectivity index (χ3v) is 1.88. The van der Waals surface area contributed by atoms with Crippen molar-refractivity contribution >= 4 is 5.95 Å². The summed E-state index contributed by atoms with van der Waals surface area (Å²) in [5.41, 5.74) is 1.05. The predicted octanol–water partition coefficient (Wildman–Crippen LogP) is 1.19. The summed E-state index contributed by atoms with van der Waals surface area (Å²) in [5, 5.41) is 12.1. The molecule has 5 heteroatoms. The summed E-state index contributed by atoms with van der Waals surface area (Å²) in [6, 6.07) is 6.96. The van der Waals surface area contributed by atoms with Gasteiger partial charge in [0.05, 0.1) is 0 Å². The zero-order chi connectivity index (χ0) is 10.5. The lowest BCUT2D eigenvalue weighted by Crippen LogP contribution is -2.03. The lowest BCUT2D eigenvalue weighted by atomic mass is 10.2. The smallest absolute Gasteiger partial charge is 0.225 e. The maximum Gasteiger partial charge on any atom is 0.225 e. The van der Waals surface area contributed by atoms with Crippen molar-refractivity contribution in [2.24, 2.45) is 0 Å². The van der Waals surface area contributed by atoms with Crippen LogP contribution < -0.4 is 5.32 Å². The van der Waals surface area contributed by atoms with Crippen LogP contribution in [0.4, 0.5) is 5.95 Å². The maximum absolute atomic E-state index is 9.09. The standard InChI is InChI=1S/C10H10N4O/c15-9-3-1-8(2-4-9)5-12-10-13-6-11-7-14-10/h1-4,6-7,15H,5H2,(H,11,12,13,14). The molecule has 1 aromatic heterocycles. The summed E-state index contributed by atoms with van der Waals surface area (Å²) < 4.78 is 0. The number of hydrogen-bond acceptors (Lipinski definition) is 5. The normalized spacial score (nSPS) is 9.87. The molecule has 0 saturated carbocycles. The number of hydrogen-bond donors (Lipinski definition) is 2. The molecule has 2 N–H and O–H groups in total. The van der Waals surface area contributed by atoms with Gasteiger partial charge >= 0.3 is 0 Å². The first-order valence-corrected chi connectivity index (χ1v) is 4.48. The second kappa shape index (κ2) is 4.36. The number of nitrogens with zero attached hydrogens (tertiary/aromatic N) is 3. The molecule has 0 amide bonds. The van der Waals surface area contributed by atoms with Crippen molar-refractivity contribution in [2.75, 3.05) is 5.32 Å². The number of aromatic nitrogens is 3. The average molecular weight is 202 g/mol. The third kappa shape index (κ3) is 2.63. The molecule has 5 nitrogen and oxygen atoms in total. The number of aromatic hydroxyl groups is 1. The Balaban J connectivity index is 1.96. The Morgan fingerprint density at radius 3 is 2.40 bits per heavy atom. The highest BCUT2D eigenvalue weighted by Crippen LogP contribution is 2.10. The molecule has 0 aliphatic heterocycles. The molecule has 1 heterocycles. The molecule has 1 aromatic carbocycles. The Bertz CT molecular complexity index is 415. The van der Waals surface area contributed by atoms with Crippen LogP contribution in [0.1, 0.15) is 5.56 Å². The molecular weight excluding hydrogens is 192 g/mol. The molecule has 0 aliphatic carbocycles. The van der Waals surface area contributed by atoms with Crippen LogP contribution in [0, 0.1) is 0 Å². The van der Waals surface area contributed by atoms with E-state index in [1.165, 1.54) is 12.7 Å². The van der Waals surface area contributed by atoms with E-state index >= 15 is 0 Å². The number of phenolic OH excluding ortho intramolecular Hbond substituents is 1. The van der Waals surface area contributed by atoms with Crippen LogP contribution in [-0.4, -0.2) is 20.1 Å². The summed E-state index contributed by atoms with van der Waals surface area (Å²) in [4.78, 5) is 11.6. The van der Waals surface area contributed by atoms with Crippen molar-refractivity contribution < 1.29 is 5.11 Å². The van der Waals surface area contributed by atoms with Crippen molar-refractivity contribution in [1.29, 1.82) is 0 Å². The number of nitrogens with one attached hydrogen (secondary N) is 1. The van der Waals surface area contributed by atoms with Crippen molar-refractivity contribution in [3.05, 3.63) is 42.5 Å². The fraction of sp³-hybridized carbons (Fsp3) is 0.100. The minimum Gasteiger partial charge on any atom is -0.508 e. The van der Waals surface area contributed by atoms with E-state index in [1.807, 2.05) is 12.1 Å². The van der Waals surface area contributed by atoms with Crippen LogP contribution in [0.25, 0.3) is 0 Å². The van der Waals surface area contributed by atoms with Gasteiger partial charge in [0.1, 0.15) is 18.4 Å². The summed E-state index contributed by atoms with van der Waals surface area (Å²) >= 11 is 0. The van der Waals surface area contributed by atoms with E-state index in [4.69, 9.17) is 5.11 Å². The van der Waals surface area contributed by atoms with E-state index in [-0.39, 0.29) is 5.75 Å². The molecule has 0 unspecified atom stereocenters. The largest absolute Gasteiger partial charge is 0.508 e. The van der Waals surface area contributed by atoms with E-state index < -0.39 is 0 Å². The molecule has 15 heavy (non-hydrogen) atoms. The second-order valence-corrected chi connectivity index (χ2v) is 2.98. The first-order chi connectivity index (χ1) is 7.34. The molecular formula is C10H10N4O. The highest BCUT2D eigenvalue weighted by molar-refractivity contribution is 5.29. The molecule has 0 atom stereocenters. The van der Waals surface area contributed by atoms with Crippen LogP contribution in [0.5, 0.6) is 5.75 Å². The minimum atomic E-state index is 0.263. The van der Waals surface area contributed by atoms with Gasteiger partial charge in [0.2, 0.25) is 5.95 Å². The molecule has 2 aromatic rings. The quantitative estimate of drug-likeness (QED) is 0.782. The molecule has 0 fully saturated rings. The molecule has 2 rings (SSSR count). The van der Waals surface area contributed by atoms with Crippen molar-refractivity contribution in [1.82, 2.24) is 15.0 Å². The number of rotatable bonds is 3. The van der Waals surface area contributed by atoms with Crippen LogP contribution in [-0.2, 0) is 6.54 Å². The molecule has 0 spiro atoms. The Kier molecular flexibility index (Phi) is 2.73. The molecule has 0 bridgehead atoms. The Labute approximate surface area is 86.9 Å². The number of benzene rings is 1. The molecule has 0 saturated heterocycles. The average Bonchev–Trinajstić information content (AvgIpc) is 2.30. The Morgan fingerprint density at radius 2 is 1.73 bits per heavy atom. The monoisotopic (exact) mass is 202 g/mol. The van der Waals surface area contributed by atoms with Gasteiger partial charge in [0.15, 0.2) is 0 Å². The lowest BCUT2D eigenvalue weighted by molar-refractivity contribution is 0.475. The molecule has 76 valence electrons. The van der Waals surface area contributed by atoms with E-state index in [0.717, 1.165) is 5.56 Å². The summed E-state index contributed by atoms with van der Waals surface area (Å²) in [6.07, 6.45) is 2.87. The lowest BCUT2D eigenvalue weighted by Gasteiger charge is -2.03. The minimum absolute atomic E-state index is 0.263.